The SMILES string of the molecule is CCc1cc(Nc2nccn3c(-c4cn(CC(F)F)nc4C(F)F)cnc23)ccc1C(=O)NC1CC(NC(=O)[C@@H]2C[C@@H](O)CN2)C1. The van der Waals surface area contributed by atoms with Crippen molar-refractivity contribution >= 4 is 29.0 Å². The summed E-state index contributed by atoms with van der Waals surface area (Å²) >= 11 is 0. The average Bonchev–Trinajstić information content (AvgIpc) is 3.74. The molecule has 2 atom stereocenters. The number of anilines is 2. The lowest BCUT2D eigenvalue weighted by atomic mass is 9.86. The van der Waals surface area contributed by atoms with Gasteiger partial charge in [0.1, 0.15) is 12.2 Å². The number of nitrogens with one attached hydrogen (secondary N) is 4. The van der Waals surface area contributed by atoms with Crippen molar-refractivity contribution in [2.45, 2.75) is 76.2 Å². The summed E-state index contributed by atoms with van der Waals surface area (Å²) in [4.78, 5) is 34.2. The van der Waals surface area contributed by atoms with Crippen LogP contribution in [0, 0.1) is 0 Å². The number of carbonyl (C=O) groups is 2. The molecule has 3 aromatic heterocycles. The fourth-order valence-electron chi connectivity index (χ4n) is 5.89. The molecule has 1 saturated heterocycles. The number of imidazole rings is 1. The Morgan fingerprint density at radius 3 is 2.59 bits per heavy atom. The van der Waals surface area contributed by atoms with Gasteiger partial charge in [-0.05, 0) is 49.4 Å². The summed E-state index contributed by atoms with van der Waals surface area (Å²) in [6.45, 7) is 1.51. The summed E-state index contributed by atoms with van der Waals surface area (Å²) < 4.78 is 55.6. The van der Waals surface area contributed by atoms with Crippen LogP contribution in [0.4, 0.5) is 29.1 Å². The zero-order valence-electron chi connectivity index (χ0n) is 24.8. The number of aliphatic hydroxyl groups excluding tert-OH is 1. The van der Waals surface area contributed by atoms with Crippen molar-refractivity contribution in [2.75, 3.05) is 11.9 Å². The largest absolute Gasteiger partial charge is 0.392 e. The normalized spacial score (nSPS) is 21.1. The molecule has 5 N–H and O–H groups in total. The first-order valence-electron chi connectivity index (χ1n) is 15.0. The Morgan fingerprint density at radius 2 is 1.89 bits per heavy atom. The second-order valence-corrected chi connectivity index (χ2v) is 11.5. The number of aryl methyl sites for hydroxylation is 1. The summed E-state index contributed by atoms with van der Waals surface area (Å²) in [7, 11) is 0. The van der Waals surface area contributed by atoms with Gasteiger partial charge in [-0.3, -0.25) is 18.7 Å². The molecular weight excluding hydrogens is 610 g/mol. The molecule has 2 amide bonds. The van der Waals surface area contributed by atoms with Gasteiger partial charge in [0.05, 0.1) is 24.0 Å². The van der Waals surface area contributed by atoms with Gasteiger partial charge >= 0.3 is 0 Å². The third-order valence-corrected chi connectivity index (χ3v) is 8.26. The van der Waals surface area contributed by atoms with E-state index >= 15 is 0 Å². The lowest BCUT2D eigenvalue weighted by Crippen LogP contribution is -2.56. The number of benzene rings is 1. The number of fused-ring (bicyclic) bond motifs is 1. The van der Waals surface area contributed by atoms with E-state index in [4.69, 9.17) is 0 Å². The number of nitrogens with zero attached hydrogens (tertiary/aromatic N) is 5. The number of aromatic nitrogens is 5. The molecule has 0 unspecified atom stereocenters. The second-order valence-electron chi connectivity index (χ2n) is 11.5. The third-order valence-electron chi connectivity index (χ3n) is 8.26. The first-order chi connectivity index (χ1) is 22.1. The first kappa shape index (κ1) is 31.4. The fourth-order valence-corrected chi connectivity index (χ4v) is 5.89. The van der Waals surface area contributed by atoms with Crippen LogP contribution in [-0.2, 0) is 17.8 Å². The Morgan fingerprint density at radius 1 is 1.11 bits per heavy atom. The van der Waals surface area contributed by atoms with E-state index < -0.39 is 37.2 Å². The van der Waals surface area contributed by atoms with Crippen LogP contribution in [0.25, 0.3) is 16.9 Å². The highest BCUT2D eigenvalue weighted by Gasteiger charge is 2.35. The zero-order valence-corrected chi connectivity index (χ0v) is 24.8. The van der Waals surface area contributed by atoms with Gasteiger partial charge in [-0.2, -0.15) is 5.10 Å². The Labute approximate surface area is 260 Å². The standard InChI is InChI=1S/C30H33F4N9O3/c1-2-15-7-16(3-4-20(15)29(45)39-17-8-18(9-17)40-30(46)22-10-19(44)11-36-22)38-27-28-37-12-23(43(28)6-5-35-27)21-13-42(14-24(31)32)41-25(21)26(33)34/h3-7,12-13,17-19,22,24,26,36,44H,2,8-11,14H2,1H3,(H,35,38)(H,39,45)(H,40,46)/t17?,18?,19-,22+/m1/s1. The highest BCUT2D eigenvalue weighted by Crippen LogP contribution is 2.32. The molecule has 1 aliphatic heterocycles. The van der Waals surface area contributed by atoms with E-state index in [0.717, 1.165) is 16.4 Å². The third kappa shape index (κ3) is 6.53. The van der Waals surface area contributed by atoms with E-state index in [-0.39, 0.29) is 35.2 Å². The molecule has 0 spiro atoms. The number of halogens is 4. The van der Waals surface area contributed by atoms with Crippen LogP contribution in [0.5, 0.6) is 0 Å². The van der Waals surface area contributed by atoms with E-state index in [1.807, 2.05) is 13.0 Å². The van der Waals surface area contributed by atoms with Gasteiger partial charge in [0, 0.05) is 54.0 Å². The minimum absolute atomic E-state index is 0.0187. The van der Waals surface area contributed by atoms with Gasteiger partial charge in [0.15, 0.2) is 11.5 Å². The summed E-state index contributed by atoms with van der Waals surface area (Å²) in [6, 6.07) is 4.73. The van der Waals surface area contributed by atoms with Gasteiger partial charge in [0.2, 0.25) is 5.91 Å². The zero-order chi connectivity index (χ0) is 32.5. The van der Waals surface area contributed by atoms with Crippen molar-refractivity contribution in [1.29, 1.82) is 0 Å². The van der Waals surface area contributed by atoms with Crippen molar-refractivity contribution in [1.82, 2.24) is 40.1 Å². The highest BCUT2D eigenvalue weighted by molar-refractivity contribution is 5.96. The number of amides is 2. The van der Waals surface area contributed by atoms with Gasteiger partial charge in [-0.25, -0.2) is 27.5 Å². The highest BCUT2D eigenvalue weighted by atomic mass is 19.3. The summed E-state index contributed by atoms with van der Waals surface area (Å²) in [5, 5.41) is 25.4. The topological polar surface area (TPSA) is 150 Å². The molecule has 46 heavy (non-hydrogen) atoms. The maximum absolute atomic E-state index is 13.7. The van der Waals surface area contributed by atoms with Crippen LogP contribution in [-0.4, -0.2) is 78.3 Å². The summed E-state index contributed by atoms with van der Waals surface area (Å²) in [5.74, 6) is -0.0473. The Balaban J connectivity index is 1.13. The van der Waals surface area contributed by atoms with Crippen molar-refractivity contribution < 1.29 is 32.3 Å². The fraction of sp³-hybridized carbons (Fsp3) is 0.433. The number of hydrogen-bond acceptors (Lipinski definition) is 8. The minimum Gasteiger partial charge on any atom is -0.392 e. The lowest BCUT2D eigenvalue weighted by molar-refractivity contribution is -0.124. The van der Waals surface area contributed by atoms with Gasteiger partial charge in [-0.15, -0.1) is 0 Å². The molecule has 2 aliphatic rings. The van der Waals surface area contributed by atoms with E-state index in [2.05, 4.69) is 36.3 Å². The van der Waals surface area contributed by atoms with Crippen LogP contribution in [0.15, 0.2) is 43.0 Å². The predicted octanol–water partition coefficient (Wildman–Crippen LogP) is 3.20. The quantitative estimate of drug-likeness (QED) is 0.157. The number of rotatable bonds is 11. The van der Waals surface area contributed by atoms with Crippen LogP contribution < -0.4 is 21.3 Å². The van der Waals surface area contributed by atoms with Gasteiger partial charge in [-0.1, -0.05) is 6.92 Å². The van der Waals surface area contributed by atoms with Gasteiger partial charge in [0.25, 0.3) is 18.8 Å². The van der Waals surface area contributed by atoms with Crippen LogP contribution in [0.3, 0.4) is 0 Å². The van der Waals surface area contributed by atoms with Crippen molar-refractivity contribution in [3.8, 4) is 11.3 Å². The molecule has 0 radical (unpaired) electrons. The second kappa shape index (κ2) is 13.0. The number of aliphatic hydroxyl groups is 1. The molecule has 1 aliphatic carbocycles. The minimum atomic E-state index is -2.98. The number of β-amino-alcohol motifs (C(OH)–C–C–N with tert-alkyl or cyclic N) is 1. The van der Waals surface area contributed by atoms with E-state index in [1.54, 1.807) is 12.1 Å². The molecular formula is C30H33F4N9O3. The Bertz CT molecular complexity index is 1740. The molecule has 1 saturated carbocycles. The van der Waals surface area contributed by atoms with Gasteiger partial charge < -0.3 is 26.4 Å². The van der Waals surface area contributed by atoms with Crippen LogP contribution in [0.1, 0.15) is 54.2 Å². The molecule has 2 fully saturated rings. The predicted molar refractivity (Wildman–Crippen MR) is 159 cm³/mol. The summed E-state index contributed by atoms with van der Waals surface area (Å²) in [6.07, 6.45) is 1.41. The Kier molecular flexibility index (Phi) is 8.90. The average molecular weight is 644 g/mol. The smallest absolute Gasteiger partial charge is 0.282 e. The van der Waals surface area contributed by atoms with E-state index in [0.29, 0.717) is 54.9 Å². The summed E-state index contributed by atoms with van der Waals surface area (Å²) in [5.41, 5.74) is 1.82. The van der Waals surface area contributed by atoms with Crippen LogP contribution >= 0.6 is 0 Å². The molecule has 4 aromatic rings. The number of carbonyl (C=O) groups excluding carboxylic acids is 2. The number of alkyl halides is 4. The van der Waals surface area contributed by atoms with Crippen molar-refractivity contribution in [2.24, 2.45) is 0 Å². The molecule has 4 heterocycles. The van der Waals surface area contributed by atoms with Crippen LogP contribution in [0.2, 0.25) is 0 Å². The molecule has 244 valence electrons. The Hall–Kier alpha value is -4.57. The number of hydrogen-bond donors (Lipinski definition) is 5. The first-order valence-corrected chi connectivity index (χ1v) is 15.0. The molecule has 1 aromatic carbocycles. The molecule has 0 bridgehead atoms. The molecule has 6 rings (SSSR count). The van der Waals surface area contributed by atoms with Crippen molar-refractivity contribution in [3.63, 3.8) is 0 Å². The van der Waals surface area contributed by atoms with E-state index in [1.165, 1.54) is 23.0 Å². The lowest BCUT2D eigenvalue weighted by Gasteiger charge is -2.37. The maximum Gasteiger partial charge on any atom is 0.282 e. The molecule has 16 heteroatoms. The van der Waals surface area contributed by atoms with Crippen molar-refractivity contribution in [3.05, 3.63) is 59.8 Å². The molecule has 12 nitrogen and oxygen atoms in total. The van der Waals surface area contributed by atoms with E-state index in [9.17, 15) is 32.3 Å². The monoisotopic (exact) mass is 643 g/mol. The maximum atomic E-state index is 13.7.